The summed E-state index contributed by atoms with van der Waals surface area (Å²) in [4.78, 5) is 15.8. The smallest absolute Gasteiger partial charge is 0.242 e. The number of hydrogen-bond acceptors (Lipinski definition) is 4. The summed E-state index contributed by atoms with van der Waals surface area (Å²) in [5.41, 5.74) is 7.52. The largest absolute Gasteiger partial charge is 0.320 e. The first kappa shape index (κ1) is 13.9. The molecule has 92 valence electrons. The van der Waals surface area contributed by atoms with Crippen molar-refractivity contribution in [2.24, 2.45) is 5.73 Å². The fourth-order valence-electron chi connectivity index (χ4n) is 1.36. The number of nitrogens with two attached hydrogens (primary N) is 1. The van der Waals surface area contributed by atoms with E-state index in [0.717, 1.165) is 15.8 Å². The molecular weight excluding hydrogens is 258 g/mol. The SMILES string of the molecule is Cc1cccc2sc(NC(=O)[C@H](C)N)nc12.Cl. The van der Waals surface area contributed by atoms with E-state index in [4.69, 9.17) is 5.73 Å². The molecule has 17 heavy (non-hydrogen) atoms. The number of halogens is 1. The average Bonchev–Trinajstić information content (AvgIpc) is 2.61. The molecule has 1 aromatic carbocycles. The molecule has 1 aromatic heterocycles. The number of aryl methyl sites for hydroxylation is 1. The van der Waals surface area contributed by atoms with Gasteiger partial charge in [-0.15, -0.1) is 12.4 Å². The maximum absolute atomic E-state index is 11.4. The van der Waals surface area contributed by atoms with E-state index in [1.165, 1.54) is 11.3 Å². The molecule has 2 aromatic rings. The van der Waals surface area contributed by atoms with E-state index >= 15 is 0 Å². The van der Waals surface area contributed by atoms with Crippen molar-refractivity contribution in [1.82, 2.24) is 4.98 Å². The molecule has 0 unspecified atom stereocenters. The maximum Gasteiger partial charge on any atom is 0.242 e. The highest BCUT2D eigenvalue weighted by Crippen LogP contribution is 2.27. The summed E-state index contributed by atoms with van der Waals surface area (Å²) in [6, 6.07) is 5.45. The van der Waals surface area contributed by atoms with Gasteiger partial charge >= 0.3 is 0 Å². The van der Waals surface area contributed by atoms with Crippen LogP contribution in [0.15, 0.2) is 18.2 Å². The normalized spacial score (nSPS) is 11.9. The molecule has 1 atom stereocenters. The van der Waals surface area contributed by atoms with E-state index in [1.807, 2.05) is 25.1 Å². The van der Waals surface area contributed by atoms with Gasteiger partial charge in [0.15, 0.2) is 5.13 Å². The fraction of sp³-hybridized carbons (Fsp3) is 0.273. The zero-order valence-corrected chi connectivity index (χ0v) is 11.2. The van der Waals surface area contributed by atoms with Gasteiger partial charge < -0.3 is 11.1 Å². The summed E-state index contributed by atoms with van der Waals surface area (Å²) in [6.07, 6.45) is 0. The van der Waals surface area contributed by atoms with Crippen LogP contribution in [0.4, 0.5) is 5.13 Å². The molecule has 0 fully saturated rings. The number of amides is 1. The lowest BCUT2D eigenvalue weighted by Crippen LogP contribution is -2.32. The Bertz CT molecular complexity index is 538. The van der Waals surface area contributed by atoms with Crippen molar-refractivity contribution >= 4 is 45.0 Å². The molecule has 3 N–H and O–H groups in total. The third-order valence-corrected chi connectivity index (χ3v) is 3.20. The minimum atomic E-state index is -0.520. The molecule has 2 rings (SSSR count). The number of thiazole rings is 1. The van der Waals surface area contributed by atoms with E-state index in [2.05, 4.69) is 10.3 Å². The lowest BCUT2D eigenvalue weighted by Gasteiger charge is -2.03. The lowest BCUT2D eigenvalue weighted by atomic mass is 10.2. The predicted octanol–water partition coefficient (Wildman–Crippen LogP) is 2.31. The van der Waals surface area contributed by atoms with Crippen LogP contribution in [-0.4, -0.2) is 16.9 Å². The Balaban J connectivity index is 0.00000144. The minimum absolute atomic E-state index is 0. The second-order valence-corrected chi connectivity index (χ2v) is 4.75. The highest BCUT2D eigenvalue weighted by atomic mass is 35.5. The van der Waals surface area contributed by atoms with Crippen LogP contribution in [0.2, 0.25) is 0 Å². The van der Waals surface area contributed by atoms with Gasteiger partial charge in [0.2, 0.25) is 5.91 Å². The van der Waals surface area contributed by atoms with Gasteiger partial charge in [-0.2, -0.15) is 0 Å². The van der Waals surface area contributed by atoms with Crippen LogP contribution in [-0.2, 0) is 4.79 Å². The number of anilines is 1. The van der Waals surface area contributed by atoms with E-state index < -0.39 is 6.04 Å². The molecule has 4 nitrogen and oxygen atoms in total. The van der Waals surface area contributed by atoms with Crippen LogP contribution in [0.25, 0.3) is 10.2 Å². The zero-order chi connectivity index (χ0) is 11.7. The zero-order valence-electron chi connectivity index (χ0n) is 9.56. The van der Waals surface area contributed by atoms with Gasteiger partial charge in [-0.3, -0.25) is 4.79 Å². The highest BCUT2D eigenvalue weighted by molar-refractivity contribution is 7.22. The van der Waals surface area contributed by atoms with Crippen LogP contribution in [0.1, 0.15) is 12.5 Å². The second kappa shape index (κ2) is 5.44. The van der Waals surface area contributed by atoms with Crippen molar-refractivity contribution in [1.29, 1.82) is 0 Å². The molecule has 0 bridgehead atoms. The van der Waals surface area contributed by atoms with Gasteiger partial charge in [-0.05, 0) is 25.5 Å². The van der Waals surface area contributed by atoms with Gasteiger partial charge in [0.1, 0.15) is 0 Å². The summed E-state index contributed by atoms with van der Waals surface area (Å²) in [6.45, 7) is 3.65. The van der Waals surface area contributed by atoms with E-state index in [1.54, 1.807) is 6.92 Å². The van der Waals surface area contributed by atoms with Crippen LogP contribution < -0.4 is 11.1 Å². The van der Waals surface area contributed by atoms with E-state index in [-0.39, 0.29) is 18.3 Å². The van der Waals surface area contributed by atoms with Crippen LogP contribution >= 0.6 is 23.7 Å². The van der Waals surface area contributed by atoms with Crippen LogP contribution in [0.3, 0.4) is 0 Å². The van der Waals surface area contributed by atoms with Crippen molar-refractivity contribution in [2.45, 2.75) is 19.9 Å². The third-order valence-electron chi connectivity index (χ3n) is 2.26. The molecule has 0 aliphatic heterocycles. The number of para-hydroxylation sites is 1. The van der Waals surface area contributed by atoms with Gasteiger partial charge in [0.25, 0.3) is 0 Å². The van der Waals surface area contributed by atoms with Crippen molar-refractivity contribution in [3.63, 3.8) is 0 Å². The summed E-state index contributed by atoms with van der Waals surface area (Å²) < 4.78 is 1.07. The first-order valence-corrected chi connectivity index (χ1v) is 5.82. The molecule has 0 aliphatic rings. The highest BCUT2D eigenvalue weighted by Gasteiger charge is 2.11. The number of nitrogens with one attached hydrogen (secondary N) is 1. The molecule has 0 spiro atoms. The van der Waals surface area contributed by atoms with Crippen molar-refractivity contribution in [2.75, 3.05) is 5.32 Å². The molecule has 0 saturated carbocycles. The summed E-state index contributed by atoms with van der Waals surface area (Å²) in [7, 11) is 0. The molecule has 0 saturated heterocycles. The van der Waals surface area contributed by atoms with Crippen LogP contribution in [0, 0.1) is 6.92 Å². The first-order valence-electron chi connectivity index (χ1n) is 5.00. The number of benzene rings is 1. The lowest BCUT2D eigenvalue weighted by molar-refractivity contribution is -0.117. The van der Waals surface area contributed by atoms with Crippen LogP contribution in [0.5, 0.6) is 0 Å². The maximum atomic E-state index is 11.4. The first-order chi connectivity index (χ1) is 7.58. The molecule has 0 radical (unpaired) electrons. The Hall–Kier alpha value is -1.17. The standard InChI is InChI=1S/C11H13N3OS.ClH/c1-6-4-3-5-8-9(6)13-11(16-8)14-10(15)7(2)12;/h3-5,7H,12H2,1-2H3,(H,13,14,15);1H/t7-;/m0./s1. The number of aromatic nitrogens is 1. The Morgan fingerprint density at radius 1 is 1.53 bits per heavy atom. The van der Waals surface area contributed by atoms with Gasteiger partial charge in [-0.25, -0.2) is 4.98 Å². The summed E-state index contributed by atoms with van der Waals surface area (Å²) in [5.74, 6) is -0.211. The molecule has 6 heteroatoms. The molecule has 1 heterocycles. The van der Waals surface area contributed by atoms with Gasteiger partial charge in [0, 0.05) is 0 Å². The van der Waals surface area contributed by atoms with Gasteiger partial charge in [-0.1, -0.05) is 23.5 Å². The number of carbonyl (C=O) groups is 1. The molecule has 1 amide bonds. The molecular formula is C11H14ClN3OS. The summed E-state index contributed by atoms with van der Waals surface area (Å²) >= 11 is 1.46. The number of hydrogen-bond donors (Lipinski definition) is 2. The Morgan fingerprint density at radius 3 is 2.82 bits per heavy atom. The number of rotatable bonds is 2. The van der Waals surface area contributed by atoms with Crippen molar-refractivity contribution < 1.29 is 4.79 Å². The van der Waals surface area contributed by atoms with E-state index in [9.17, 15) is 4.79 Å². The minimum Gasteiger partial charge on any atom is -0.320 e. The van der Waals surface area contributed by atoms with Crippen molar-refractivity contribution in [3.8, 4) is 0 Å². The Labute approximate surface area is 110 Å². The van der Waals surface area contributed by atoms with Crippen molar-refractivity contribution in [3.05, 3.63) is 23.8 Å². The monoisotopic (exact) mass is 271 g/mol. The Morgan fingerprint density at radius 2 is 2.24 bits per heavy atom. The van der Waals surface area contributed by atoms with Gasteiger partial charge in [0.05, 0.1) is 16.3 Å². The summed E-state index contributed by atoms with van der Waals surface area (Å²) in [5, 5.41) is 3.30. The fourth-order valence-corrected chi connectivity index (χ4v) is 2.31. The topological polar surface area (TPSA) is 68.0 Å². The molecule has 0 aliphatic carbocycles. The number of nitrogens with zero attached hydrogens (tertiary/aromatic N) is 1. The predicted molar refractivity (Wildman–Crippen MR) is 73.9 cm³/mol. The number of carbonyl (C=O) groups excluding carboxylic acids is 1. The average molecular weight is 272 g/mol. The quantitative estimate of drug-likeness (QED) is 0.881. The second-order valence-electron chi connectivity index (χ2n) is 3.72. The number of fused-ring (bicyclic) bond motifs is 1. The Kier molecular flexibility index (Phi) is 4.45. The van der Waals surface area contributed by atoms with E-state index in [0.29, 0.717) is 5.13 Å². The third kappa shape index (κ3) is 2.94.